The number of nitrogens with zero attached hydrogens (tertiary/aromatic N) is 3. The minimum atomic E-state index is 0.00621. The molecular formula is C22H23ClN4O. The number of pyridine rings is 2. The highest BCUT2D eigenvalue weighted by molar-refractivity contribution is 6.30. The van der Waals surface area contributed by atoms with Crippen LogP contribution in [0, 0.1) is 6.92 Å². The molecule has 1 aliphatic heterocycles. The number of carbonyl (C=O) groups is 1. The summed E-state index contributed by atoms with van der Waals surface area (Å²) in [6.45, 7) is 4.82. The van der Waals surface area contributed by atoms with E-state index in [1.54, 1.807) is 6.20 Å². The molecular weight excluding hydrogens is 372 g/mol. The zero-order valence-corrected chi connectivity index (χ0v) is 16.8. The molecule has 1 N–H and O–H groups in total. The molecule has 0 saturated carbocycles. The third-order valence-electron chi connectivity index (χ3n) is 5.26. The Bertz CT molecular complexity index is 1040. The molecule has 0 aliphatic carbocycles. The van der Waals surface area contributed by atoms with Gasteiger partial charge in [-0.15, -0.1) is 0 Å². The summed E-state index contributed by atoms with van der Waals surface area (Å²) >= 11 is 6.15. The predicted molar refractivity (Wildman–Crippen MR) is 113 cm³/mol. The van der Waals surface area contributed by atoms with Crippen LogP contribution in [0.4, 0.5) is 11.4 Å². The molecule has 3 heterocycles. The highest BCUT2D eigenvalue weighted by Gasteiger charge is 2.27. The van der Waals surface area contributed by atoms with E-state index in [0.29, 0.717) is 16.2 Å². The number of hydrogen-bond donors (Lipinski definition) is 1. The van der Waals surface area contributed by atoms with E-state index in [0.717, 1.165) is 48.3 Å². The van der Waals surface area contributed by atoms with Crippen LogP contribution in [0.2, 0.25) is 5.02 Å². The van der Waals surface area contributed by atoms with Gasteiger partial charge in [-0.3, -0.25) is 4.79 Å². The van der Waals surface area contributed by atoms with Crippen LogP contribution in [0.15, 0.2) is 42.6 Å². The first-order valence-electron chi connectivity index (χ1n) is 9.63. The molecule has 1 fully saturated rings. The lowest BCUT2D eigenvalue weighted by molar-refractivity contribution is 0.0636. The van der Waals surface area contributed by atoms with E-state index in [1.807, 2.05) is 48.2 Å². The van der Waals surface area contributed by atoms with Crippen molar-refractivity contribution in [3.8, 4) is 0 Å². The van der Waals surface area contributed by atoms with Crippen molar-refractivity contribution in [1.29, 1.82) is 0 Å². The van der Waals surface area contributed by atoms with E-state index in [2.05, 4.69) is 22.2 Å². The summed E-state index contributed by atoms with van der Waals surface area (Å²) in [6, 6.07) is 11.6. The fourth-order valence-electron chi connectivity index (χ4n) is 3.73. The average Bonchev–Trinajstić information content (AvgIpc) is 2.68. The number of piperidine rings is 1. The van der Waals surface area contributed by atoms with Crippen LogP contribution in [-0.4, -0.2) is 33.4 Å². The summed E-state index contributed by atoms with van der Waals surface area (Å²) in [6.07, 6.45) is 4.88. The fraction of sp³-hybridized carbons (Fsp3) is 0.318. The Kier molecular flexibility index (Phi) is 5.18. The summed E-state index contributed by atoms with van der Waals surface area (Å²) in [4.78, 5) is 24.4. The molecule has 1 saturated heterocycles. The molecule has 6 heteroatoms. The van der Waals surface area contributed by atoms with Crippen molar-refractivity contribution >= 4 is 39.9 Å². The largest absolute Gasteiger partial charge is 0.354 e. The molecule has 1 atom stereocenters. The number of carbonyl (C=O) groups excluding carboxylic acids is 1. The van der Waals surface area contributed by atoms with Gasteiger partial charge >= 0.3 is 0 Å². The van der Waals surface area contributed by atoms with E-state index < -0.39 is 0 Å². The highest BCUT2D eigenvalue weighted by atomic mass is 35.5. The summed E-state index contributed by atoms with van der Waals surface area (Å²) in [7, 11) is 0. The molecule has 1 aromatic carbocycles. The smallest absolute Gasteiger partial charge is 0.257 e. The molecule has 2 aromatic heterocycles. The molecule has 3 aromatic rings. The first-order chi connectivity index (χ1) is 13.5. The van der Waals surface area contributed by atoms with Crippen molar-refractivity contribution in [3.63, 3.8) is 0 Å². The first kappa shape index (κ1) is 18.7. The lowest BCUT2D eigenvalue weighted by Gasteiger charge is -2.34. The van der Waals surface area contributed by atoms with E-state index in [-0.39, 0.29) is 11.9 Å². The molecule has 5 nitrogen and oxygen atoms in total. The zero-order valence-electron chi connectivity index (χ0n) is 16.1. The van der Waals surface area contributed by atoms with Crippen molar-refractivity contribution in [2.75, 3.05) is 11.9 Å². The molecule has 1 amide bonds. The monoisotopic (exact) mass is 394 g/mol. The minimum absolute atomic E-state index is 0.00621. The summed E-state index contributed by atoms with van der Waals surface area (Å²) < 4.78 is 0. The van der Waals surface area contributed by atoms with Gasteiger partial charge in [-0.2, -0.15) is 0 Å². The van der Waals surface area contributed by atoms with E-state index >= 15 is 0 Å². The summed E-state index contributed by atoms with van der Waals surface area (Å²) in [5.74, 6) is 0.00621. The fourth-order valence-corrected chi connectivity index (χ4v) is 3.92. The van der Waals surface area contributed by atoms with Crippen LogP contribution < -0.4 is 5.32 Å². The summed E-state index contributed by atoms with van der Waals surface area (Å²) in [5.41, 5.74) is 3.61. The van der Waals surface area contributed by atoms with Gasteiger partial charge in [0.1, 0.15) is 0 Å². The Morgan fingerprint density at radius 1 is 1.25 bits per heavy atom. The zero-order chi connectivity index (χ0) is 19.7. The second-order valence-electron chi connectivity index (χ2n) is 7.35. The molecule has 1 unspecified atom stereocenters. The number of nitrogens with one attached hydrogen (secondary N) is 1. The van der Waals surface area contributed by atoms with Crippen molar-refractivity contribution in [1.82, 2.24) is 14.9 Å². The van der Waals surface area contributed by atoms with Gasteiger partial charge in [-0.05, 0) is 63.4 Å². The molecule has 0 bridgehead atoms. The topological polar surface area (TPSA) is 58.1 Å². The molecule has 0 spiro atoms. The maximum atomic E-state index is 13.4. The van der Waals surface area contributed by atoms with Gasteiger partial charge in [-0.1, -0.05) is 17.7 Å². The predicted octanol–water partition coefficient (Wildman–Crippen LogP) is 5.35. The summed E-state index contributed by atoms with van der Waals surface area (Å²) in [5, 5.41) is 4.85. The number of aromatic nitrogens is 2. The molecule has 0 radical (unpaired) electrons. The number of rotatable bonds is 3. The Balaban J connectivity index is 1.83. The van der Waals surface area contributed by atoms with E-state index in [9.17, 15) is 4.79 Å². The van der Waals surface area contributed by atoms with Crippen LogP contribution in [0.3, 0.4) is 0 Å². The van der Waals surface area contributed by atoms with Gasteiger partial charge in [0.15, 0.2) is 5.65 Å². The van der Waals surface area contributed by atoms with Crippen LogP contribution in [0.25, 0.3) is 11.0 Å². The highest BCUT2D eigenvalue weighted by Crippen LogP contribution is 2.31. The van der Waals surface area contributed by atoms with E-state index in [4.69, 9.17) is 11.6 Å². The number of amides is 1. The van der Waals surface area contributed by atoms with Gasteiger partial charge < -0.3 is 10.2 Å². The molecule has 28 heavy (non-hydrogen) atoms. The number of likely N-dealkylation sites (tertiary alicyclic amines) is 1. The van der Waals surface area contributed by atoms with Crippen LogP contribution >= 0.6 is 11.6 Å². The lowest BCUT2D eigenvalue weighted by atomic mass is 10.0. The van der Waals surface area contributed by atoms with Crippen LogP contribution in [0.5, 0.6) is 0 Å². The normalized spacial score (nSPS) is 17.0. The number of halogens is 1. The Hall–Kier alpha value is -2.66. The van der Waals surface area contributed by atoms with Gasteiger partial charge in [0.2, 0.25) is 0 Å². The van der Waals surface area contributed by atoms with Crippen molar-refractivity contribution in [2.45, 2.75) is 39.2 Å². The number of aryl methyl sites for hydroxylation is 1. The average molecular weight is 395 g/mol. The first-order valence-corrected chi connectivity index (χ1v) is 10.0. The Morgan fingerprint density at radius 3 is 2.89 bits per heavy atom. The Morgan fingerprint density at radius 2 is 2.11 bits per heavy atom. The van der Waals surface area contributed by atoms with Crippen LogP contribution in [0.1, 0.15) is 42.2 Å². The molecule has 4 rings (SSSR count). The van der Waals surface area contributed by atoms with Crippen molar-refractivity contribution < 1.29 is 4.79 Å². The maximum absolute atomic E-state index is 13.4. The molecule has 1 aliphatic rings. The van der Waals surface area contributed by atoms with Gasteiger partial charge in [0.25, 0.3) is 5.91 Å². The number of fused-ring (bicyclic) bond motifs is 1. The van der Waals surface area contributed by atoms with E-state index in [1.165, 1.54) is 0 Å². The second-order valence-corrected chi connectivity index (χ2v) is 7.79. The SMILES string of the molecule is Cc1ccc2c(Nc3cccc(Cl)c3)c(C(=O)N3CCCCC3C)cnc2n1. The quantitative estimate of drug-likeness (QED) is 0.650. The van der Waals surface area contributed by atoms with Gasteiger partial charge in [0, 0.05) is 40.6 Å². The second kappa shape index (κ2) is 7.76. The van der Waals surface area contributed by atoms with Gasteiger partial charge in [0.05, 0.1) is 11.3 Å². The standard InChI is InChI=1S/C22H23ClN4O/c1-14-9-10-18-20(26-17-8-5-7-16(23)12-17)19(13-24-21(18)25-14)22(28)27-11-4-3-6-15(27)2/h5,7-10,12-13,15H,3-4,6,11H2,1-2H3,(H,24,25,26). The number of benzene rings is 1. The third kappa shape index (κ3) is 3.67. The third-order valence-corrected chi connectivity index (χ3v) is 5.49. The number of anilines is 2. The van der Waals surface area contributed by atoms with Crippen molar-refractivity contribution in [2.24, 2.45) is 0 Å². The Labute approximate surface area is 169 Å². The van der Waals surface area contributed by atoms with Gasteiger partial charge in [-0.25, -0.2) is 9.97 Å². The maximum Gasteiger partial charge on any atom is 0.257 e. The van der Waals surface area contributed by atoms with Crippen molar-refractivity contribution in [3.05, 3.63) is 58.9 Å². The molecule has 144 valence electrons. The number of hydrogen-bond acceptors (Lipinski definition) is 4. The minimum Gasteiger partial charge on any atom is -0.354 e. The lowest BCUT2D eigenvalue weighted by Crippen LogP contribution is -2.42. The van der Waals surface area contributed by atoms with Crippen LogP contribution in [-0.2, 0) is 0 Å².